The van der Waals surface area contributed by atoms with E-state index in [9.17, 15) is 9.59 Å². The second kappa shape index (κ2) is 12.1. The molecule has 2 N–H and O–H groups in total. The monoisotopic (exact) mass is 407 g/mol. The predicted molar refractivity (Wildman–Crippen MR) is 114 cm³/mol. The Morgan fingerprint density at radius 3 is 2.75 bits per heavy atom. The molecule has 1 aliphatic rings. The van der Waals surface area contributed by atoms with Crippen LogP contribution in [0, 0.1) is 5.92 Å². The van der Waals surface area contributed by atoms with Gasteiger partial charge in [-0.2, -0.15) is 0 Å². The van der Waals surface area contributed by atoms with E-state index in [4.69, 9.17) is 11.6 Å². The minimum Gasteiger partial charge on any atom is -0.356 e. The fourth-order valence-electron chi connectivity index (χ4n) is 3.62. The first-order valence-corrected chi connectivity index (χ1v) is 10.9. The van der Waals surface area contributed by atoms with E-state index >= 15 is 0 Å². The van der Waals surface area contributed by atoms with Crippen molar-refractivity contribution in [2.24, 2.45) is 5.92 Å². The highest BCUT2D eigenvalue weighted by Crippen LogP contribution is 2.19. The van der Waals surface area contributed by atoms with Crippen LogP contribution >= 0.6 is 11.6 Å². The van der Waals surface area contributed by atoms with E-state index in [1.165, 1.54) is 12.8 Å². The van der Waals surface area contributed by atoms with Gasteiger partial charge in [-0.1, -0.05) is 56.0 Å². The Labute approximate surface area is 174 Å². The van der Waals surface area contributed by atoms with Gasteiger partial charge in [0.05, 0.1) is 12.0 Å². The number of nitrogens with one attached hydrogen (secondary N) is 2. The lowest BCUT2D eigenvalue weighted by Crippen LogP contribution is -2.51. The molecule has 2 rings (SSSR count). The van der Waals surface area contributed by atoms with E-state index in [2.05, 4.69) is 22.5 Å². The van der Waals surface area contributed by atoms with Crippen molar-refractivity contribution >= 4 is 23.4 Å². The number of halogens is 1. The number of benzene rings is 1. The normalized spacial score (nSPS) is 18.5. The summed E-state index contributed by atoms with van der Waals surface area (Å²) in [6.07, 6.45) is 6.45. The number of unbranched alkanes of at least 4 members (excludes halogenated alkanes) is 3. The summed E-state index contributed by atoms with van der Waals surface area (Å²) in [6.45, 7) is 6.75. The molecule has 6 heteroatoms. The Kier molecular flexibility index (Phi) is 9.79. The molecule has 1 heterocycles. The summed E-state index contributed by atoms with van der Waals surface area (Å²) in [6, 6.07) is 7.26. The van der Waals surface area contributed by atoms with Gasteiger partial charge in [0.1, 0.15) is 0 Å². The zero-order valence-corrected chi connectivity index (χ0v) is 17.9. The number of nitrogens with zero attached hydrogens (tertiary/aromatic N) is 1. The molecule has 156 valence electrons. The van der Waals surface area contributed by atoms with Gasteiger partial charge in [-0.15, -0.1) is 0 Å². The van der Waals surface area contributed by atoms with E-state index in [1.807, 2.05) is 31.2 Å². The lowest BCUT2D eigenvalue weighted by atomic mass is 9.95. The van der Waals surface area contributed by atoms with Crippen LogP contribution in [0.25, 0.3) is 0 Å². The van der Waals surface area contributed by atoms with Crippen molar-refractivity contribution in [1.82, 2.24) is 15.5 Å². The molecule has 0 aliphatic carbocycles. The van der Waals surface area contributed by atoms with Crippen molar-refractivity contribution in [3.8, 4) is 0 Å². The van der Waals surface area contributed by atoms with Gasteiger partial charge in [-0.05, 0) is 44.4 Å². The molecule has 0 saturated carbocycles. The Morgan fingerprint density at radius 2 is 2.00 bits per heavy atom. The molecule has 1 fully saturated rings. The molecular formula is C22H34ClN3O2. The topological polar surface area (TPSA) is 61.4 Å². The maximum Gasteiger partial charge on any atom is 0.237 e. The van der Waals surface area contributed by atoms with Crippen molar-refractivity contribution in [2.45, 2.75) is 65.0 Å². The number of hydrogen-bond donors (Lipinski definition) is 2. The first kappa shape index (κ1) is 22.7. The Morgan fingerprint density at radius 1 is 1.21 bits per heavy atom. The van der Waals surface area contributed by atoms with Crippen molar-refractivity contribution in [1.29, 1.82) is 0 Å². The molecule has 5 nitrogen and oxygen atoms in total. The fourth-order valence-corrected chi connectivity index (χ4v) is 3.82. The zero-order valence-electron chi connectivity index (χ0n) is 17.2. The maximum absolute atomic E-state index is 12.6. The van der Waals surface area contributed by atoms with Crippen LogP contribution in [0.2, 0.25) is 5.02 Å². The molecule has 1 saturated heterocycles. The van der Waals surface area contributed by atoms with Gasteiger partial charge in [0, 0.05) is 24.7 Å². The van der Waals surface area contributed by atoms with Crippen molar-refractivity contribution in [3.05, 3.63) is 34.9 Å². The molecule has 0 aromatic heterocycles. The Bertz CT molecular complexity index is 638. The average Bonchev–Trinajstić information content (AvgIpc) is 2.72. The van der Waals surface area contributed by atoms with E-state index in [0.717, 1.165) is 44.3 Å². The number of hydrogen-bond acceptors (Lipinski definition) is 3. The van der Waals surface area contributed by atoms with Crippen LogP contribution < -0.4 is 10.6 Å². The van der Waals surface area contributed by atoms with Gasteiger partial charge in [0.2, 0.25) is 11.8 Å². The van der Waals surface area contributed by atoms with Crippen molar-refractivity contribution < 1.29 is 9.59 Å². The third kappa shape index (κ3) is 7.10. The summed E-state index contributed by atoms with van der Waals surface area (Å²) in [5.41, 5.74) is 0.906. The minimum absolute atomic E-state index is 0.0273. The van der Waals surface area contributed by atoms with Crippen LogP contribution in [-0.2, 0) is 16.1 Å². The number of amides is 2. The summed E-state index contributed by atoms with van der Waals surface area (Å²) in [5.74, 6) is 0.0733. The minimum atomic E-state index is -0.261. The van der Waals surface area contributed by atoms with Gasteiger partial charge in [0.25, 0.3) is 0 Å². The highest BCUT2D eigenvalue weighted by atomic mass is 35.5. The van der Waals surface area contributed by atoms with E-state index in [-0.39, 0.29) is 23.8 Å². The SMILES string of the molecule is CCCCCCNC(=O)C1CCCN(C(C)C(=O)NCc2ccccc2Cl)C1. The van der Waals surface area contributed by atoms with Crippen molar-refractivity contribution in [3.63, 3.8) is 0 Å². The first-order valence-electron chi connectivity index (χ1n) is 10.6. The number of rotatable bonds is 10. The number of carbonyl (C=O) groups excluding carboxylic acids is 2. The molecule has 0 radical (unpaired) electrons. The highest BCUT2D eigenvalue weighted by molar-refractivity contribution is 6.31. The third-order valence-electron chi connectivity index (χ3n) is 5.49. The summed E-state index contributed by atoms with van der Waals surface area (Å²) < 4.78 is 0. The largest absolute Gasteiger partial charge is 0.356 e. The molecule has 1 aliphatic heterocycles. The molecule has 0 spiro atoms. The molecule has 0 bridgehead atoms. The van der Waals surface area contributed by atoms with Crippen LogP contribution in [0.3, 0.4) is 0 Å². The molecule has 2 unspecified atom stereocenters. The number of carbonyl (C=O) groups is 2. The van der Waals surface area contributed by atoms with E-state index < -0.39 is 0 Å². The van der Waals surface area contributed by atoms with Crippen LogP contribution in [0.1, 0.15) is 57.9 Å². The van der Waals surface area contributed by atoms with Crippen LogP contribution in [0.15, 0.2) is 24.3 Å². The molecule has 2 atom stereocenters. The first-order chi connectivity index (χ1) is 13.5. The van der Waals surface area contributed by atoms with Gasteiger partial charge in [-0.25, -0.2) is 0 Å². The summed E-state index contributed by atoms with van der Waals surface area (Å²) in [4.78, 5) is 27.2. The standard InChI is InChI=1S/C22H34ClN3O2/c1-3-4-5-8-13-24-22(28)19-11-9-14-26(16-19)17(2)21(27)25-15-18-10-6-7-12-20(18)23/h6-7,10,12,17,19H,3-5,8-9,11,13-16H2,1-2H3,(H,24,28)(H,25,27). The molecule has 1 aromatic carbocycles. The van der Waals surface area contributed by atoms with Crippen LogP contribution in [-0.4, -0.2) is 42.4 Å². The Hall–Kier alpha value is -1.59. The summed E-state index contributed by atoms with van der Waals surface area (Å²) in [7, 11) is 0. The third-order valence-corrected chi connectivity index (χ3v) is 5.86. The van der Waals surface area contributed by atoms with Crippen molar-refractivity contribution in [2.75, 3.05) is 19.6 Å². The lowest BCUT2D eigenvalue weighted by Gasteiger charge is -2.35. The van der Waals surface area contributed by atoms with Gasteiger partial charge in [0.15, 0.2) is 0 Å². The molecule has 28 heavy (non-hydrogen) atoms. The molecule has 1 aromatic rings. The van der Waals surface area contributed by atoms with Crippen LogP contribution in [0.5, 0.6) is 0 Å². The quantitative estimate of drug-likeness (QED) is 0.580. The molecule has 2 amide bonds. The lowest BCUT2D eigenvalue weighted by molar-refractivity contribution is -0.131. The second-order valence-electron chi connectivity index (χ2n) is 7.67. The zero-order chi connectivity index (χ0) is 20.4. The maximum atomic E-state index is 12.6. The Balaban J connectivity index is 1.77. The van der Waals surface area contributed by atoms with Crippen LogP contribution in [0.4, 0.5) is 0 Å². The van der Waals surface area contributed by atoms with Gasteiger partial charge < -0.3 is 10.6 Å². The molecular weight excluding hydrogens is 374 g/mol. The summed E-state index contributed by atoms with van der Waals surface area (Å²) >= 11 is 6.15. The van der Waals surface area contributed by atoms with Gasteiger partial charge >= 0.3 is 0 Å². The van der Waals surface area contributed by atoms with E-state index in [0.29, 0.717) is 18.1 Å². The number of likely N-dealkylation sites (tertiary alicyclic amines) is 1. The number of piperidine rings is 1. The average molecular weight is 408 g/mol. The predicted octanol–water partition coefficient (Wildman–Crippen LogP) is 3.75. The summed E-state index contributed by atoms with van der Waals surface area (Å²) in [5, 5.41) is 6.70. The highest BCUT2D eigenvalue weighted by Gasteiger charge is 2.30. The van der Waals surface area contributed by atoms with E-state index in [1.54, 1.807) is 0 Å². The van der Waals surface area contributed by atoms with Gasteiger partial charge in [-0.3, -0.25) is 14.5 Å². The second-order valence-corrected chi connectivity index (χ2v) is 8.08. The smallest absolute Gasteiger partial charge is 0.237 e. The fraction of sp³-hybridized carbons (Fsp3) is 0.636.